The maximum absolute atomic E-state index is 13.7. The molecule has 5 rings (SSSR count). The summed E-state index contributed by atoms with van der Waals surface area (Å²) in [4.78, 5) is 40.2. The zero-order chi connectivity index (χ0) is 26.3. The molecule has 3 aromatic carbocycles. The third kappa shape index (κ3) is 4.49. The van der Waals surface area contributed by atoms with Gasteiger partial charge in [0.25, 0.3) is 5.56 Å². The van der Waals surface area contributed by atoms with Gasteiger partial charge in [-0.2, -0.15) is 4.72 Å². The van der Waals surface area contributed by atoms with Crippen molar-refractivity contribution in [1.29, 1.82) is 0 Å². The number of aromatic nitrogens is 2. The van der Waals surface area contributed by atoms with Crippen LogP contribution < -0.4 is 16.0 Å². The van der Waals surface area contributed by atoms with E-state index in [4.69, 9.17) is 0 Å². The Morgan fingerprint density at radius 1 is 0.892 bits per heavy atom. The summed E-state index contributed by atoms with van der Waals surface area (Å²) in [6.45, 7) is 0.862. The first-order valence-electron chi connectivity index (χ1n) is 11.8. The minimum absolute atomic E-state index is 0.0858. The molecule has 190 valence electrons. The third-order valence-corrected chi connectivity index (χ3v) is 8.26. The first kappa shape index (κ1) is 24.7. The number of nitrogens with one attached hydrogen (secondary N) is 1. The Balaban J connectivity index is 1.52. The highest BCUT2D eigenvalue weighted by molar-refractivity contribution is 7.89. The number of amides is 1. The predicted molar refractivity (Wildman–Crippen MR) is 139 cm³/mol. The third-order valence-electron chi connectivity index (χ3n) is 6.84. The minimum Gasteiger partial charge on any atom is -0.336 e. The lowest BCUT2D eigenvalue weighted by atomic mass is 9.98. The Bertz CT molecular complexity index is 1740. The summed E-state index contributed by atoms with van der Waals surface area (Å²) in [7, 11) is -1.38. The molecule has 1 aliphatic rings. The number of hydrogen-bond donors (Lipinski definition) is 1. The van der Waals surface area contributed by atoms with Crippen LogP contribution in [0.2, 0.25) is 0 Å². The first-order valence-corrected chi connectivity index (χ1v) is 13.3. The van der Waals surface area contributed by atoms with Crippen molar-refractivity contribution in [1.82, 2.24) is 18.8 Å². The molecule has 1 atom stereocenters. The van der Waals surface area contributed by atoms with Gasteiger partial charge in [0.15, 0.2) is 0 Å². The van der Waals surface area contributed by atoms with E-state index in [2.05, 4.69) is 4.72 Å². The number of hydrogen-bond acceptors (Lipinski definition) is 5. The zero-order valence-corrected chi connectivity index (χ0v) is 21.2. The number of fused-ring (bicyclic) bond motifs is 2. The number of carbonyl (C=O) groups excluding carboxylic acids is 1. The maximum Gasteiger partial charge on any atom is 0.330 e. The summed E-state index contributed by atoms with van der Waals surface area (Å²) in [5.74, 6) is -0.358. The molecule has 37 heavy (non-hydrogen) atoms. The predicted octanol–water partition coefficient (Wildman–Crippen LogP) is 1.84. The molecule has 1 aliphatic heterocycles. The number of carbonyl (C=O) groups is 1. The van der Waals surface area contributed by atoms with Gasteiger partial charge >= 0.3 is 5.69 Å². The van der Waals surface area contributed by atoms with Crippen molar-refractivity contribution in [2.45, 2.75) is 23.9 Å². The van der Waals surface area contributed by atoms with Gasteiger partial charge in [0, 0.05) is 27.2 Å². The van der Waals surface area contributed by atoms with Crippen LogP contribution in [0.15, 0.2) is 87.3 Å². The van der Waals surface area contributed by atoms with Crippen molar-refractivity contribution in [3.8, 4) is 0 Å². The van der Waals surface area contributed by atoms with Crippen LogP contribution in [0.4, 0.5) is 0 Å². The van der Waals surface area contributed by atoms with Gasteiger partial charge in [0.2, 0.25) is 15.9 Å². The zero-order valence-electron chi connectivity index (χ0n) is 20.4. The Kier molecular flexibility index (Phi) is 6.30. The lowest BCUT2D eigenvalue weighted by Gasteiger charge is -2.32. The van der Waals surface area contributed by atoms with Gasteiger partial charge in [-0.05, 0) is 41.3 Å². The van der Waals surface area contributed by atoms with E-state index in [9.17, 15) is 22.8 Å². The van der Waals surface area contributed by atoms with Gasteiger partial charge in [-0.25, -0.2) is 13.2 Å². The van der Waals surface area contributed by atoms with Crippen LogP contribution in [0, 0.1) is 0 Å². The molecular formula is C27H26N4O5S. The number of sulfonamides is 1. The monoisotopic (exact) mass is 518 g/mol. The molecule has 0 spiro atoms. The van der Waals surface area contributed by atoms with Crippen molar-refractivity contribution in [2.75, 3.05) is 6.54 Å². The number of rotatable bonds is 5. The van der Waals surface area contributed by atoms with Crippen molar-refractivity contribution in [3.05, 3.63) is 110 Å². The molecule has 0 aliphatic carbocycles. The van der Waals surface area contributed by atoms with Crippen molar-refractivity contribution >= 4 is 26.8 Å². The van der Waals surface area contributed by atoms with Gasteiger partial charge < -0.3 is 4.90 Å². The van der Waals surface area contributed by atoms with E-state index < -0.39 is 27.3 Å². The summed E-state index contributed by atoms with van der Waals surface area (Å²) in [6, 6.07) is 19.4. The fraction of sp³-hybridized carbons (Fsp3) is 0.222. The quantitative estimate of drug-likeness (QED) is 0.434. The Labute approximate surface area is 213 Å². The highest BCUT2D eigenvalue weighted by Crippen LogP contribution is 2.25. The molecule has 2 heterocycles. The Morgan fingerprint density at radius 2 is 1.57 bits per heavy atom. The van der Waals surface area contributed by atoms with Crippen LogP contribution in [0.1, 0.15) is 22.7 Å². The molecule has 1 aromatic heterocycles. The normalized spacial score (nSPS) is 14.4. The van der Waals surface area contributed by atoms with Gasteiger partial charge in [-0.1, -0.05) is 54.6 Å². The second kappa shape index (κ2) is 9.45. The van der Waals surface area contributed by atoms with E-state index in [1.807, 2.05) is 24.3 Å². The maximum atomic E-state index is 13.7. The standard InChI is InChI=1S/C27H26N4O5S/c1-29-23-13-12-21(16-22(23)25(32)30(2)27(29)34)37(35,36)28-24(19-9-4-3-5-10-19)26(33)31-15-14-18-8-6-7-11-20(18)17-31/h3-13,16,24,28H,14-15,17H2,1-2H3/t24-/m1/s1. The first-order chi connectivity index (χ1) is 17.7. The van der Waals surface area contributed by atoms with Crippen LogP contribution in [0.3, 0.4) is 0 Å². The summed E-state index contributed by atoms with van der Waals surface area (Å²) >= 11 is 0. The molecular weight excluding hydrogens is 492 g/mol. The molecule has 0 unspecified atom stereocenters. The van der Waals surface area contributed by atoms with Gasteiger partial charge in [-0.3, -0.25) is 18.7 Å². The van der Waals surface area contributed by atoms with E-state index in [0.717, 1.165) is 10.1 Å². The van der Waals surface area contributed by atoms with E-state index in [1.54, 1.807) is 35.2 Å². The summed E-state index contributed by atoms with van der Waals surface area (Å²) in [6.07, 6.45) is 0.683. The van der Waals surface area contributed by atoms with Crippen LogP contribution in [-0.2, 0) is 41.9 Å². The molecule has 0 fully saturated rings. The number of benzene rings is 3. The van der Waals surface area contributed by atoms with Crippen molar-refractivity contribution < 1.29 is 13.2 Å². The topological polar surface area (TPSA) is 110 Å². The Hall–Kier alpha value is -4.02. The van der Waals surface area contributed by atoms with Crippen LogP contribution in [0.5, 0.6) is 0 Å². The molecule has 1 N–H and O–H groups in total. The lowest BCUT2D eigenvalue weighted by molar-refractivity contribution is -0.134. The molecule has 4 aromatic rings. The van der Waals surface area contributed by atoms with E-state index in [0.29, 0.717) is 30.6 Å². The van der Waals surface area contributed by atoms with Gasteiger partial charge in [0.1, 0.15) is 6.04 Å². The highest BCUT2D eigenvalue weighted by Gasteiger charge is 2.32. The SMILES string of the molecule is Cn1c(=O)c2cc(S(=O)(=O)N[C@@H](C(=O)N3CCc4ccccc4C3)c3ccccc3)ccc2n(C)c1=O. The second-order valence-corrected chi connectivity index (χ2v) is 10.8. The van der Waals surface area contributed by atoms with Crippen molar-refractivity contribution in [2.24, 2.45) is 14.1 Å². The molecule has 0 saturated heterocycles. The van der Waals surface area contributed by atoms with Crippen molar-refractivity contribution in [3.63, 3.8) is 0 Å². The molecule has 9 nitrogen and oxygen atoms in total. The largest absolute Gasteiger partial charge is 0.336 e. The summed E-state index contributed by atoms with van der Waals surface area (Å²) in [5.41, 5.74) is 1.92. The molecule has 0 saturated carbocycles. The average molecular weight is 519 g/mol. The molecule has 10 heteroatoms. The highest BCUT2D eigenvalue weighted by atomic mass is 32.2. The van der Waals surface area contributed by atoms with Crippen LogP contribution in [-0.4, -0.2) is 34.9 Å². The smallest absolute Gasteiger partial charge is 0.330 e. The van der Waals surface area contributed by atoms with Gasteiger partial charge in [0.05, 0.1) is 15.8 Å². The summed E-state index contributed by atoms with van der Waals surface area (Å²) in [5, 5.41) is 0.0858. The van der Waals surface area contributed by atoms with Gasteiger partial charge in [-0.15, -0.1) is 0 Å². The summed E-state index contributed by atoms with van der Waals surface area (Å²) < 4.78 is 31.9. The minimum atomic E-state index is -4.23. The van der Waals surface area contributed by atoms with E-state index in [-0.39, 0.29) is 16.2 Å². The number of aryl methyl sites for hydroxylation is 1. The average Bonchev–Trinajstić information content (AvgIpc) is 2.93. The van der Waals surface area contributed by atoms with Crippen LogP contribution in [0.25, 0.3) is 10.9 Å². The molecule has 0 bridgehead atoms. The fourth-order valence-corrected chi connectivity index (χ4v) is 5.94. The second-order valence-electron chi connectivity index (χ2n) is 9.13. The molecule has 0 radical (unpaired) electrons. The lowest BCUT2D eigenvalue weighted by Crippen LogP contribution is -2.44. The Morgan fingerprint density at radius 3 is 2.30 bits per heavy atom. The van der Waals surface area contributed by atoms with E-state index >= 15 is 0 Å². The van der Waals surface area contributed by atoms with E-state index in [1.165, 1.54) is 42.4 Å². The van der Waals surface area contributed by atoms with Crippen LogP contribution >= 0.6 is 0 Å². The fourth-order valence-electron chi connectivity index (χ4n) is 4.74. The molecule has 1 amide bonds. The number of nitrogens with zero attached hydrogens (tertiary/aromatic N) is 3.